The normalized spacial score (nSPS) is 10.0. The van der Waals surface area contributed by atoms with Gasteiger partial charge in [-0.3, -0.25) is 14.4 Å². The first-order valence-corrected chi connectivity index (χ1v) is 8.94. The number of methoxy groups -OCH3 is 1. The van der Waals surface area contributed by atoms with Crippen LogP contribution in [-0.4, -0.2) is 44.5 Å². The van der Waals surface area contributed by atoms with E-state index in [9.17, 15) is 14.4 Å². The summed E-state index contributed by atoms with van der Waals surface area (Å²) in [5.41, 5.74) is 1.14. The number of amides is 2. The van der Waals surface area contributed by atoms with Crippen molar-refractivity contribution in [3.63, 3.8) is 0 Å². The third kappa shape index (κ3) is 6.56. The first-order chi connectivity index (χ1) is 12.6. The molecule has 1 aromatic heterocycles. The Kier molecular flexibility index (Phi) is 7.63. The lowest BCUT2D eigenvalue weighted by atomic mass is 10.2. The van der Waals surface area contributed by atoms with Crippen molar-refractivity contribution >= 4 is 34.8 Å². The number of nitrogens with one attached hydrogen (secondary N) is 3. The summed E-state index contributed by atoms with van der Waals surface area (Å²) >= 11 is 1.67. The molecule has 0 spiro atoms. The summed E-state index contributed by atoms with van der Waals surface area (Å²) in [5, 5.41) is 10.3. The van der Waals surface area contributed by atoms with Crippen molar-refractivity contribution < 1.29 is 19.1 Å². The largest absolute Gasteiger partial charge is 0.468 e. The molecule has 3 N–H and O–H groups in total. The minimum absolute atomic E-state index is 0.0959. The quantitative estimate of drug-likeness (QED) is 0.576. The molecule has 2 aromatic rings. The molecule has 7 nitrogen and oxygen atoms in total. The first-order valence-electron chi connectivity index (χ1n) is 8.06. The molecule has 0 fully saturated rings. The van der Waals surface area contributed by atoms with E-state index in [-0.39, 0.29) is 24.9 Å². The van der Waals surface area contributed by atoms with Crippen molar-refractivity contribution in [2.24, 2.45) is 0 Å². The van der Waals surface area contributed by atoms with Crippen molar-refractivity contribution in [1.29, 1.82) is 0 Å². The Hall–Kier alpha value is -2.87. The van der Waals surface area contributed by atoms with Crippen LogP contribution in [0.3, 0.4) is 0 Å². The predicted molar refractivity (Wildman–Crippen MR) is 100 cm³/mol. The number of carbonyl (C=O) groups excluding carboxylic acids is 3. The first kappa shape index (κ1) is 19.5. The molecule has 0 bridgehead atoms. The molecular formula is C18H21N3O4S. The number of hydrogen-bond donors (Lipinski definition) is 3. The van der Waals surface area contributed by atoms with E-state index in [1.807, 2.05) is 17.5 Å². The number of thiophene rings is 1. The molecule has 0 saturated carbocycles. The molecular weight excluding hydrogens is 354 g/mol. The monoisotopic (exact) mass is 375 g/mol. The van der Waals surface area contributed by atoms with Gasteiger partial charge in [0.1, 0.15) is 6.54 Å². The topological polar surface area (TPSA) is 96.5 Å². The number of hydrogen-bond acceptors (Lipinski definition) is 6. The van der Waals surface area contributed by atoms with Gasteiger partial charge >= 0.3 is 5.97 Å². The number of rotatable bonds is 9. The van der Waals surface area contributed by atoms with Crippen LogP contribution in [0.5, 0.6) is 0 Å². The fraction of sp³-hybridized carbons (Fsp3) is 0.278. The smallest absolute Gasteiger partial charge is 0.325 e. The zero-order chi connectivity index (χ0) is 18.8. The van der Waals surface area contributed by atoms with Crippen LogP contribution in [-0.2, 0) is 20.7 Å². The summed E-state index contributed by atoms with van der Waals surface area (Å²) in [5.74, 6) is -0.976. The summed E-state index contributed by atoms with van der Waals surface area (Å²) < 4.78 is 4.46. The van der Waals surface area contributed by atoms with E-state index in [1.165, 1.54) is 12.0 Å². The van der Waals surface area contributed by atoms with E-state index in [1.54, 1.807) is 35.6 Å². The minimum atomic E-state index is -0.512. The second-order valence-electron chi connectivity index (χ2n) is 5.37. The SMILES string of the molecule is COC(=O)CNC(=O)c1ccc(NCC(=O)NCCc2cccs2)cc1. The second-order valence-corrected chi connectivity index (χ2v) is 6.40. The number of anilines is 1. The van der Waals surface area contributed by atoms with Crippen molar-refractivity contribution in [3.05, 3.63) is 52.2 Å². The van der Waals surface area contributed by atoms with Gasteiger partial charge in [0.05, 0.1) is 13.7 Å². The van der Waals surface area contributed by atoms with Crippen LogP contribution in [0.2, 0.25) is 0 Å². The van der Waals surface area contributed by atoms with E-state index in [0.717, 1.165) is 12.1 Å². The number of esters is 1. The second kappa shape index (κ2) is 10.2. The summed E-state index contributed by atoms with van der Waals surface area (Å²) in [4.78, 5) is 35.9. The molecule has 1 heterocycles. The molecule has 0 aliphatic heterocycles. The van der Waals surface area contributed by atoms with E-state index < -0.39 is 5.97 Å². The molecule has 0 saturated heterocycles. The van der Waals surface area contributed by atoms with Crippen LogP contribution < -0.4 is 16.0 Å². The Bertz CT molecular complexity index is 729. The number of ether oxygens (including phenoxy) is 1. The maximum absolute atomic E-state index is 11.9. The summed E-state index contributed by atoms with van der Waals surface area (Å²) in [6, 6.07) is 10.7. The Balaban J connectivity index is 1.70. The average molecular weight is 375 g/mol. The van der Waals surface area contributed by atoms with Crippen LogP contribution in [0.15, 0.2) is 41.8 Å². The molecule has 0 unspecified atom stereocenters. The van der Waals surface area contributed by atoms with Gasteiger partial charge in [0.15, 0.2) is 0 Å². The van der Waals surface area contributed by atoms with Crippen molar-refractivity contribution in [2.45, 2.75) is 6.42 Å². The van der Waals surface area contributed by atoms with Crippen molar-refractivity contribution in [3.8, 4) is 0 Å². The zero-order valence-electron chi connectivity index (χ0n) is 14.4. The fourth-order valence-electron chi connectivity index (χ4n) is 2.09. The molecule has 1 aromatic carbocycles. The van der Waals surface area contributed by atoms with Gasteiger partial charge in [0.25, 0.3) is 5.91 Å². The molecule has 2 rings (SSSR count). The summed E-state index contributed by atoms with van der Waals surface area (Å²) in [6.45, 7) is 0.569. The van der Waals surface area contributed by atoms with Crippen molar-refractivity contribution in [1.82, 2.24) is 10.6 Å². The van der Waals surface area contributed by atoms with E-state index >= 15 is 0 Å². The van der Waals surface area contributed by atoms with Crippen LogP contribution in [0, 0.1) is 0 Å². The lowest BCUT2D eigenvalue weighted by Gasteiger charge is -2.08. The molecule has 0 aliphatic carbocycles. The van der Waals surface area contributed by atoms with Gasteiger partial charge < -0.3 is 20.7 Å². The van der Waals surface area contributed by atoms with Crippen LogP contribution in [0.1, 0.15) is 15.2 Å². The standard InChI is InChI=1S/C18H21N3O4S/c1-25-17(23)12-21-18(24)13-4-6-14(7-5-13)20-11-16(22)19-9-8-15-3-2-10-26-15/h2-7,10,20H,8-9,11-12H2,1H3,(H,19,22)(H,21,24). The lowest BCUT2D eigenvalue weighted by molar-refractivity contribution is -0.139. The van der Waals surface area contributed by atoms with Gasteiger partial charge in [0, 0.05) is 22.7 Å². The van der Waals surface area contributed by atoms with Gasteiger partial charge in [-0.25, -0.2) is 0 Å². The predicted octanol–water partition coefficient (Wildman–Crippen LogP) is 1.42. The molecule has 0 aliphatic rings. The Morgan fingerprint density at radius 3 is 2.46 bits per heavy atom. The van der Waals surface area contributed by atoms with Crippen LogP contribution >= 0.6 is 11.3 Å². The molecule has 0 radical (unpaired) electrons. The highest BCUT2D eigenvalue weighted by Gasteiger charge is 2.08. The highest BCUT2D eigenvalue weighted by Crippen LogP contribution is 2.09. The van der Waals surface area contributed by atoms with Gasteiger partial charge in [-0.1, -0.05) is 6.07 Å². The van der Waals surface area contributed by atoms with Gasteiger partial charge in [0.2, 0.25) is 5.91 Å². The summed E-state index contributed by atoms with van der Waals surface area (Å²) in [6.07, 6.45) is 0.818. The Morgan fingerprint density at radius 1 is 1.04 bits per heavy atom. The third-order valence-corrected chi connectivity index (χ3v) is 4.43. The average Bonchev–Trinajstić information content (AvgIpc) is 3.18. The number of carbonyl (C=O) groups is 3. The Morgan fingerprint density at radius 2 is 1.81 bits per heavy atom. The van der Waals surface area contributed by atoms with E-state index in [2.05, 4.69) is 20.7 Å². The van der Waals surface area contributed by atoms with E-state index in [0.29, 0.717) is 12.1 Å². The lowest BCUT2D eigenvalue weighted by Crippen LogP contribution is -2.31. The molecule has 2 amide bonds. The molecule has 8 heteroatoms. The Labute approximate surface area is 155 Å². The zero-order valence-corrected chi connectivity index (χ0v) is 15.2. The minimum Gasteiger partial charge on any atom is -0.468 e. The van der Waals surface area contributed by atoms with Crippen LogP contribution in [0.25, 0.3) is 0 Å². The fourth-order valence-corrected chi connectivity index (χ4v) is 2.80. The third-order valence-electron chi connectivity index (χ3n) is 3.49. The van der Waals surface area contributed by atoms with Crippen molar-refractivity contribution in [2.75, 3.05) is 32.1 Å². The molecule has 138 valence electrons. The summed E-state index contributed by atoms with van der Waals surface area (Å²) in [7, 11) is 1.26. The van der Waals surface area contributed by atoms with E-state index in [4.69, 9.17) is 0 Å². The van der Waals surface area contributed by atoms with Crippen LogP contribution in [0.4, 0.5) is 5.69 Å². The maximum atomic E-state index is 11.9. The molecule has 0 atom stereocenters. The maximum Gasteiger partial charge on any atom is 0.325 e. The highest BCUT2D eigenvalue weighted by molar-refractivity contribution is 7.09. The van der Waals surface area contributed by atoms with Gasteiger partial charge in [-0.15, -0.1) is 11.3 Å². The van der Waals surface area contributed by atoms with Gasteiger partial charge in [-0.2, -0.15) is 0 Å². The molecule has 26 heavy (non-hydrogen) atoms. The van der Waals surface area contributed by atoms with Gasteiger partial charge in [-0.05, 0) is 42.1 Å². The highest BCUT2D eigenvalue weighted by atomic mass is 32.1. The number of benzene rings is 1.